The van der Waals surface area contributed by atoms with Crippen LogP contribution in [0.25, 0.3) is 0 Å². The number of anilines is 2. The lowest BCUT2D eigenvalue weighted by atomic mass is 9.93. The summed E-state index contributed by atoms with van der Waals surface area (Å²) in [6, 6.07) is 3.79. The first-order chi connectivity index (χ1) is 12.1. The van der Waals surface area contributed by atoms with Crippen LogP contribution in [0.2, 0.25) is 0 Å². The second-order valence-electron chi connectivity index (χ2n) is 7.85. The van der Waals surface area contributed by atoms with Gasteiger partial charge in [-0.25, -0.2) is 4.79 Å². The number of alkyl carbamates (subject to hydrolysis) is 1. The third kappa shape index (κ3) is 5.36. The van der Waals surface area contributed by atoms with E-state index in [1.165, 1.54) is 0 Å². The van der Waals surface area contributed by atoms with Gasteiger partial charge in [-0.1, -0.05) is 13.8 Å². The Hall–Kier alpha value is -2.28. The van der Waals surface area contributed by atoms with Crippen LogP contribution in [0.15, 0.2) is 12.1 Å². The van der Waals surface area contributed by atoms with E-state index in [4.69, 9.17) is 4.74 Å². The van der Waals surface area contributed by atoms with Crippen LogP contribution in [0.1, 0.15) is 51.7 Å². The van der Waals surface area contributed by atoms with Crippen molar-refractivity contribution in [3.05, 3.63) is 23.3 Å². The number of ether oxygens (including phenoxy) is 1. The smallest absolute Gasteiger partial charge is 0.407 e. The second-order valence-corrected chi connectivity index (χ2v) is 7.85. The lowest BCUT2D eigenvalue weighted by Gasteiger charge is -2.22. The first kappa shape index (κ1) is 20.0. The predicted molar refractivity (Wildman–Crippen MR) is 102 cm³/mol. The Morgan fingerprint density at radius 1 is 1.31 bits per heavy atom. The Labute approximate surface area is 154 Å². The molecule has 26 heavy (non-hydrogen) atoms. The molecule has 0 unspecified atom stereocenters. The first-order valence-corrected chi connectivity index (χ1v) is 8.91. The summed E-state index contributed by atoms with van der Waals surface area (Å²) in [4.78, 5) is 23.3. The summed E-state index contributed by atoms with van der Waals surface area (Å²) in [7, 11) is 0. The number of hydrogen-bond acceptors (Lipinski definition) is 5. The summed E-state index contributed by atoms with van der Waals surface area (Å²) in [5.74, 6) is 0.234. The predicted octanol–water partition coefficient (Wildman–Crippen LogP) is 2.60. The topological polar surface area (TPSA) is 99.7 Å². The van der Waals surface area contributed by atoms with Gasteiger partial charge in [0, 0.05) is 24.5 Å². The van der Waals surface area contributed by atoms with Crippen LogP contribution < -0.4 is 16.0 Å². The van der Waals surface area contributed by atoms with Crippen molar-refractivity contribution >= 4 is 23.4 Å². The van der Waals surface area contributed by atoms with E-state index in [1.807, 2.05) is 12.1 Å². The normalized spacial score (nSPS) is 14.7. The van der Waals surface area contributed by atoms with Crippen molar-refractivity contribution in [3.8, 4) is 0 Å². The molecule has 1 aromatic carbocycles. The fourth-order valence-electron chi connectivity index (χ4n) is 2.96. The molecule has 1 aliphatic rings. The number of aliphatic hydroxyl groups is 1. The van der Waals surface area contributed by atoms with E-state index in [9.17, 15) is 14.7 Å². The summed E-state index contributed by atoms with van der Waals surface area (Å²) in [6.07, 6.45) is -0.946. The number of benzene rings is 1. The zero-order chi connectivity index (χ0) is 19.5. The van der Waals surface area contributed by atoms with Gasteiger partial charge < -0.3 is 25.8 Å². The first-order valence-electron chi connectivity index (χ1n) is 8.91. The van der Waals surface area contributed by atoms with Gasteiger partial charge in [0.1, 0.15) is 5.60 Å². The molecule has 0 saturated heterocycles. The van der Waals surface area contributed by atoms with Crippen molar-refractivity contribution in [2.75, 3.05) is 23.7 Å². The van der Waals surface area contributed by atoms with Crippen molar-refractivity contribution in [2.45, 2.75) is 58.7 Å². The van der Waals surface area contributed by atoms with Gasteiger partial charge in [-0.05, 0) is 49.9 Å². The molecule has 1 heterocycles. The molecule has 1 aliphatic heterocycles. The zero-order valence-corrected chi connectivity index (χ0v) is 16.1. The number of amides is 2. The summed E-state index contributed by atoms with van der Waals surface area (Å²) in [5.41, 5.74) is 3.27. The number of rotatable bonds is 6. The Morgan fingerprint density at radius 2 is 2.00 bits per heavy atom. The zero-order valence-electron chi connectivity index (χ0n) is 16.1. The SMILES string of the molecule is CC(C)c1c(NC[C@H](O)CNC(=O)OC(C)(C)C)ccc2c1CC(=O)N2. The van der Waals surface area contributed by atoms with Gasteiger partial charge in [0.2, 0.25) is 5.91 Å². The summed E-state index contributed by atoms with van der Waals surface area (Å²) < 4.78 is 5.14. The van der Waals surface area contributed by atoms with Gasteiger partial charge in [0.05, 0.1) is 12.5 Å². The summed E-state index contributed by atoms with van der Waals surface area (Å²) in [6.45, 7) is 9.86. The molecule has 0 aliphatic carbocycles. The van der Waals surface area contributed by atoms with Crippen LogP contribution in [0.3, 0.4) is 0 Å². The van der Waals surface area contributed by atoms with E-state index in [1.54, 1.807) is 20.8 Å². The van der Waals surface area contributed by atoms with E-state index in [-0.39, 0.29) is 24.9 Å². The Balaban J connectivity index is 1.94. The average Bonchev–Trinajstić information content (AvgIpc) is 2.88. The molecule has 0 fully saturated rings. The Kier molecular flexibility index (Phi) is 6.13. The largest absolute Gasteiger partial charge is 0.444 e. The van der Waals surface area contributed by atoms with Crippen LogP contribution in [-0.2, 0) is 16.0 Å². The van der Waals surface area contributed by atoms with Gasteiger partial charge in [0.15, 0.2) is 0 Å². The minimum atomic E-state index is -0.768. The molecule has 0 aromatic heterocycles. The minimum absolute atomic E-state index is 0.000598. The summed E-state index contributed by atoms with van der Waals surface area (Å²) in [5, 5.41) is 18.8. The fraction of sp³-hybridized carbons (Fsp3) is 0.579. The maximum absolute atomic E-state index is 11.7. The maximum Gasteiger partial charge on any atom is 0.407 e. The molecule has 1 atom stereocenters. The number of nitrogens with one attached hydrogen (secondary N) is 3. The molecule has 0 radical (unpaired) electrons. The standard InChI is InChI=1S/C19H29N3O4/c1-11(2)17-13-8-16(24)22-14(13)6-7-15(17)20-9-12(23)10-21-18(25)26-19(3,4)5/h6-7,11-12,20,23H,8-10H2,1-5H3,(H,21,25)(H,22,24)/t12-/m0/s1. The van der Waals surface area contributed by atoms with Crippen molar-refractivity contribution in [1.82, 2.24) is 5.32 Å². The molecule has 1 aromatic rings. The number of aliphatic hydroxyl groups excluding tert-OH is 1. The third-order valence-electron chi connectivity index (χ3n) is 3.95. The van der Waals surface area contributed by atoms with E-state index >= 15 is 0 Å². The van der Waals surface area contributed by atoms with E-state index in [0.717, 1.165) is 22.5 Å². The van der Waals surface area contributed by atoms with Crippen molar-refractivity contribution in [3.63, 3.8) is 0 Å². The van der Waals surface area contributed by atoms with Crippen LogP contribution in [0, 0.1) is 0 Å². The maximum atomic E-state index is 11.7. The van der Waals surface area contributed by atoms with E-state index < -0.39 is 17.8 Å². The molecule has 0 spiro atoms. The third-order valence-corrected chi connectivity index (χ3v) is 3.95. The molecular weight excluding hydrogens is 334 g/mol. The molecule has 0 bridgehead atoms. The molecule has 144 valence electrons. The summed E-state index contributed by atoms with van der Waals surface area (Å²) >= 11 is 0. The molecule has 0 saturated carbocycles. The highest BCUT2D eigenvalue weighted by Gasteiger charge is 2.24. The molecule has 7 heteroatoms. The Bertz CT molecular complexity index is 680. The van der Waals surface area contributed by atoms with Crippen LogP contribution >= 0.6 is 0 Å². The number of fused-ring (bicyclic) bond motifs is 1. The fourth-order valence-corrected chi connectivity index (χ4v) is 2.96. The lowest BCUT2D eigenvalue weighted by Crippen LogP contribution is -2.39. The molecule has 7 nitrogen and oxygen atoms in total. The highest BCUT2D eigenvalue weighted by atomic mass is 16.6. The number of carbonyl (C=O) groups is 2. The second kappa shape index (κ2) is 7.95. The van der Waals surface area contributed by atoms with Crippen molar-refractivity contribution in [2.24, 2.45) is 0 Å². The van der Waals surface area contributed by atoms with Crippen molar-refractivity contribution in [1.29, 1.82) is 0 Å². The van der Waals surface area contributed by atoms with E-state index in [2.05, 4.69) is 29.8 Å². The van der Waals surface area contributed by atoms with Gasteiger partial charge in [0.25, 0.3) is 0 Å². The van der Waals surface area contributed by atoms with Gasteiger partial charge in [-0.3, -0.25) is 4.79 Å². The monoisotopic (exact) mass is 363 g/mol. The van der Waals surface area contributed by atoms with Gasteiger partial charge >= 0.3 is 6.09 Å². The minimum Gasteiger partial charge on any atom is -0.444 e. The quantitative estimate of drug-likeness (QED) is 0.623. The molecular formula is C19H29N3O4. The van der Waals surface area contributed by atoms with Crippen molar-refractivity contribution < 1.29 is 19.4 Å². The van der Waals surface area contributed by atoms with E-state index in [0.29, 0.717) is 6.42 Å². The van der Waals surface area contributed by atoms with Crippen LogP contribution in [-0.4, -0.2) is 41.9 Å². The molecule has 2 rings (SSSR count). The van der Waals surface area contributed by atoms with Crippen LogP contribution in [0.5, 0.6) is 0 Å². The molecule has 2 amide bonds. The molecule has 4 N–H and O–H groups in total. The Morgan fingerprint density at radius 3 is 2.62 bits per heavy atom. The number of carbonyl (C=O) groups excluding carboxylic acids is 2. The lowest BCUT2D eigenvalue weighted by molar-refractivity contribution is -0.115. The highest BCUT2D eigenvalue weighted by Crippen LogP contribution is 2.36. The van der Waals surface area contributed by atoms with Gasteiger partial charge in [-0.15, -0.1) is 0 Å². The van der Waals surface area contributed by atoms with Gasteiger partial charge in [-0.2, -0.15) is 0 Å². The number of hydrogen-bond donors (Lipinski definition) is 4. The highest BCUT2D eigenvalue weighted by molar-refractivity contribution is 6.00. The average molecular weight is 363 g/mol. The van der Waals surface area contributed by atoms with Crippen LogP contribution in [0.4, 0.5) is 16.2 Å².